The minimum Gasteiger partial charge on any atom is -0.478 e. The molecule has 2 N–H and O–H groups in total. The molecule has 0 radical (unpaired) electrons. The zero-order valence-electron chi connectivity index (χ0n) is 13.7. The number of thioether (sulfide) groups is 1. The van der Waals surface area contributed by atoms with Crippen molar-refractivity contribution < 1.29 is 19.1 Å². The second-order valence-electron chi connectivity index (χ2n) is 5.40. The fraction of sp³-hybridized carbons (Fsp3) is 0.250. The molecule has 0 bridgehead atoms. The van der Waals surface area contributed by atoms with Crippen LogP contribution in [0.2, 0.25) is 0 Å². The van der Waals surface area contributed by atoms with Gasteiger partial charge in [0.2, 0.25) is 5.91 Å². The van der Waals surface area contributed by atoms with Gasteiger partial charge in [0.1, 0.15) is 17.1 Å². The number of amides is 1. The lowest BCUT2D eigenvalue weighted by Crippen LogP contribution is -2.24. The summed E-state index contributed by atoms with van der Waals surface area (Å²) in [4.78, 5) is 39.7. The minimum atomic E-state index is -1.06. The number of aryl methyl sites for hydroxylation is 1. The molecule has 0 spiro atoms. The van der Waals surface area contributed by atoms with Crippen LogP contribution < -0.4 is 10.9 Å². The molecule has 3 aromatic heterocycles. The number of nitrogens with zero attached hydrogens (tertiary/aromatic N) is 2. The summed E-state index contributed by atoms with van der Waals surface area (Å²) in [7, 11) is 0. The van der Waals surface area contributed by atoms with Crippen LogP contribution in [0.1, 0.15) is 27.6 Å². The number of carbonyl (C=O) groups excluding carboxylic acids is 1. The highest BCUT2D eigenvalue weighted by Gasteiger charge is 2.14. The summed E-state index contributed by atoms with van der Waals surface area (Å²) >= 11 is 2.72. The van der Waals surface area contributed by atoms with E-state index in [9.17, 15) is 14.4 Å². The van der Waals surface area contributed by atoms with Crippen molar-refractivity contribution >= 4 is 39.9 Å². The molecule has 0 aliphatic heterocycles. The van der Waals surface area contributed by atoms with Gasteiger partial charge >= 0.3 is 5.97 Å². The maximum Gasteiger partial charge on any atom is 0.339 e. The summed E-state index contributed by atoms with van der Waals surface area (Å²) in [5.74, 6) is 0.0470. The summed E-state index contributed by atoms with van der Waals surface area (Å²) in [6, 6.07) is 2.86. The SMILES string of the molecule is Cc1oc(CNC(=O)CSCc2cc(=O)n3ccsc3n2)cc1C(=O)O. The van der Waals surface area contributed by atoms with Crippen molar-refractivity contribution in [3.05, 3.63) is 56.8 Å². The minimum absolute atomic E-state index is 0.0879. The van der Waals surface area contributed by atoms with Crippen LogP contribution in [0.5, 0.6) is 0 Å². The predicted molar refractivity (Wildman–Crippen MR) is 97.8 cm³/mol. The van der Waals surface area contributed by atoms with Gasteiger partial charge in [0.05, 0.1) is 18.0 Å². The Morgan fingerprint density at radius 1 is 1.42 bits per heavy atom. The highest BCUT2D eigenvalue weighted by molar-refractivity contribution is 7.99. The Balaban J connectivity index is 1.48. The molecular formula is C16H15N3O5S2. The predicted octanol–water partition coefficient (Wildman–Crippen LogP) is 1.91. The smallest absolute Gasteiger partial charge is 0.339 e. The first-order valence-electron chi connectivity index (χ1n) is 7.57. The number of hydrogen-bond donors (Lipinski definition) is 2. The van der Waals surface area contributed by atoms with Crippen molar-refractivity contribution in [3.63, 3.8) is 0 Å². The number of carboxylic acid groups (broad SMARTS) is 1. The number of furan rings is 1. The first-order valence-corrected chi connectivity index (χ1v) is 9.60. The molecule has 3 aromatic rings. The third kappa shape index (κ3) is 4.14. The Bertz CT molecular complexity index is 1020. The van der Waals surface area contributed by atoms with Gasteiger partial charge in [-0.2, -0.15) is 0 Å². The molecule has 3 rings (SSSR count). The standard InChI is InChI=1S/C16H15N3O5S2/c1-9-12(15(22)23)5-11(24-9)6-17-13(20)8-25-7-10-4-14(21)19-2-3-26-16(19)18-10/h2-5H,6-8H2,1H3,(H,17,20)(H,22,23). The third-order valence-electron chi connectivity index (χ3n) is 3.50. The molecule has 0 saturated carbocycles. The maximum atomic E-state index is 11.9. The number of thiazole rings is 1. The van der Waals surface area contributed by atoms with Crippen LogP contribution in [0.3, 0.4) is 0 Å². The first kappa shape index (κ1) is 18.2. The van der Waals surface area contributed by atoms with E-state index in [0.717, 1.165) is 0 Å². The lowest BCUT2D eigenvalue weighted by Gasteiger charge is -2.03. The third-order valence-corrected chi connectivity index (χ3v) is 5.22. The number of hydrogen-bond acceptors (Lipinski definition) is 7. The second kappa shape index (κ2) is 7.75. The van der Waals surface area contributed by atoms with E-state index in [2.05, 4.69) is 10.3 Å². The number of fused-ring (bicyclic) bond motifs is 1. The fourth-order valence-corrected chi connectivity index (χ4v) is 3.78. The Hall–Kier alpha value is -2.59. The van der Waals surface area contributed by atoms with E-state index >= 15 is 0 Å². The quantitative estimate of drug-likeness (QED) is 0.630. The molecule has 136 valence electrons. The highest BCUT2D eigenvalue weighted by Crippen LogP contribution is 2.15. The summed E-state index contributed by atoms with van der Waals surface area (Å²) < 4.78 is 6.77. The zero-order valence-corrected chi connectivity index (χ0v) is 15.4. The normalized spacial score (nSPS) is 11.0. The van der Waals surface area contributed by atoms with Gasteiger partial charge in [-0.25, -0.2) is 9.78 Å². The van der Waals surface area contributed by atoms with E-state index in [-0.39, 0.29) is 29.3 Å². The van der Waals surface area contributed by atoms with Crippen LogP contribution in [0.15, 0.2) is 32.9 Å². The van der Waals surface area contributed by atoms with Gasteiger partial charge in [-0.1, -0.05) is 0 Å². The topological polar surface area (TPSA) is 114 Å². The molecule has 0 saturated heterocycles. The molecular weight excluding hydrogens is 378 g/mol. The monoisotopic (exact) mass is 393 g/mol. The van der Waals surface area contributed by atoms with Crippen LogP contribution in [-0.4, -0.2) is 32.1 Å². The van der Waals surface area contributed by atoms with Crippen molar-refractivity contribution in [1.29, 1.82) is 0 Å². The van der Waals surface area contributed by atoms with Crippen molar-refractivity contribution in [2.45, 2.75) is 19.2 Å². The van der Waals surface area contributed by atoms with Crippen molar-refractivity contribution in [1.82, 2.24) is 14.7 Å². The van der Waals surface area contributed by atoms with Gasteiger partial charge in [0.15, 0.2) is 4.96 Å². The molecule has 0 aromatic carbocycles. The number of carbonyl (C=O) groups is 2. The molecule has 26 heavy (non-hydrogen) atoms. The molecule has 8 nitrogen and oxygen atoms in total. The molecule has 10 heteroatoms. The van der Waals surface area contributed by atoms with E-state index in [1.54, 1.807) is 18.5 Å². The van der Waals surface area contributed by atoms with E-state index in [4.69, 9.17) is 9.52 Å². The molecule has 3 heterocycles. The number of aromatic nitrogens is 2. The van der Waals surface area contributed by atoms with Crippen LogP contribution >= 0.6 is 23.1 Å². The number of aromatic carboxylic acids is 1. The average molecular weight is 393 g/mol. The van der Waals surface area contributed by atoms with Crippen LogP contribution in [0.4, 0.5) is 0 Å². The van der Waals surface area contributed by atoms with Gasteiger partial charge in [-0.3, -0.25) is 14.0 Å². The second-order valence-corrected chi connectivity index (χ2v) is 7.26. The van der Waals surface area contributed by atoms with Crippen LogP contribution in [0.25, 0.3) is 4.96 Å². The summed E-state index contributed by atoms with van der Waals surface area (Å²) in [5, 5.41) is 13.4. The first-order chi connectivity index (χ1) is 12.4. The van der Waals surface area contributed by atoms with Gasteiger partial charge < -0.3 is 14.8 Å². The molecule has 0 aliphatic carbocycles. The van der Waals surface area contributed by atoms with Crippen LogP contribution in [0, 0.1) is 6.92 Å². The lowest BCUT2D eigenvalue weighted by atomic mass is 10.2. The lowest BCUT2D eigenvalue weighted by molar-refractivity contribution is -0.118. The number of carboxylic acids is 1. The molecule has 0 fully saturated rings. The van der Waals surface area contributed by atoms with Gasteiger partial charge in [-0.15, -0.1) is 23.1 Å². The van der Waals surface area contributed by atoms with E-state index in [0.29, 0.717) is 27.9 Å². The van der Waals surface area contributed by atoms with Crippen molar-refractivity contribution in [2.75, 3.05) is 5.75 Å². The number of rotatable bonds is 7. The van der Waals surface area contributed by atoms with E-state index < -0.39 is 5.97 Å². The Morgan fingerprint density at radius 2 is 2.23 bits per heavy atom. The molecule has 0 atom stereocenters. The Morgan fingerprint density at radius 3 is 2.96 bits per heavy atom. The summed E-state index contributed by atoms with van der Waals surface area (Å²) in [5.41, 5.74) is 0.576. The van der Waals surface area contributed by atoms with E-state index in [1.807, 2.05) is 0 Å². The Labute approximate surface area is 155 Å². The van der Waals surface area contributed by atoms with Crippen molar-refractivity contribution in [3.8, 4) is 0 Å². The molecule has 1 amide bonds. The van der Waals surface area contributed by atoms with E-state index in [1.165, 1.54) is 39.6 Å². The average Bonchev–Trinajstić information content (AvgIpc) is 3.19. The number of nitrogens with one attached hydrogen (secondary N) is 1. The molecule has 0 unspecified atom stereocenters. The zero-order chi connectivity index (χ0) is 18.7. The van der Waals surface area contributed by atoms with Gasteiger partial charge in [0.25, 0.3) is 5.56 Å². The Kier molecular flexibility index (Phi) is 5.43. The van der Waals surface area contributed by atoms with Gasteiger partial charge in [-0.05, 0) is 13.0 Å². The largest absolute Gasteiger partial charge is 0.478 e. The highest BCUT2D eigenvalue weighted by atomic mass is 32.2. The van der Waals surface area contributed by atoms with Crippen LogP contribution in [-0.2, 0) is 17.1 Å². The fourth-order valence-electron chi connectivity index (χ4n) is 2.29. The van der Waals surface area contributed by atoms with Gasteiger partial charge in [0, 0.05) is 23.4 Å². The molecule has 0 aliphatic rings. The maximum absolute atomic E-state index is 11.9. The van der Waals surface area contributed by atoms with Crippen molar-refractivity contribution in [2.24, 2.45) is 0 Å². The summed E-state index contributed by atoms with van der Waals surface area (Å²) in [6.45, 7) is 1.68. The summed E-state index contributed by atoms with van der Waals surface area (Å²) in [6.07, 6.45) is 1.67.